The quantitative estimate of drug-likeness (QED) is 0.298. The number of carbonyl (C=O) groups excluding carboxylic acids is 1. The lowest BCUT2D eigenvalue weighted by Crippen LogP contribution is -2.23. The van der Waals surface area contributed by atoms with Crippen molar-refractivity contribution in [1.82, 2.24) is 0 Å². The van der Waals surface area contributed by atoms with Crippen LogP contribution in [0.2, 0.25) is 0 Å². The van der Waals surface area contributed by atoms with Crippen LogP contribution in [0.3, 0.4) is 0 Å². The molecule has 0 saturated carbocycles. The first-order valence-electron chi connectivity index (χ1n) is 9.98. The van der Waals surface area contributed by atoms with Crippen LogP contribution in [0.15, 0.2) is 90.1 Å². The molecule has 6 nitrogen and oxygen atoms in total. The molecule has 1 N–H and O–H groups in total. The summed E-state index contributed by atoms with van der Waals surface area (Å²) in [7, 11) is 0. The van der Waals surface area contributed by atoms with E-state index in [4.69, 9.17) is 14.6 Å². The van der Waals surface area contributed by atoms with Crippen LogP contribution < -0.4 is 5.32 Å². The summed E-state index contributed by atoms with van der Waals surface area (Å²) in [5.41, 5.74) is 3.48. The summed E-state index contributed by atoms with van der Waals surface area (Å²) < 4.78 is 0. The van der Waals surface area contributed by atoms with E-state index in [1.807, 2.05) is 84.9 Å². The highest BCUT2D eigenvalue weighted by Gasteiger charge is 2.17. The molecule has 0 aliphatic carbocycles. The second-order valence-corrected chi connectivity index (χ2v) is 7.77. The Morgan fingerprint density at radius 2 is 1.48 bits per heavy atom. The molecule has 3 aromatic carbocycles. The zero-order chi connectivity index (χ0) is 22.1. The first kappa shape index (κ1) is 22.1. The fraction of sp³-hybridized carbons (Fsp3) is 0.200. The van der Waals surface area contributed by atoms with E-state index < -0.39 is 11.6 Å². The number of para-hydroxylation sites is 2. The molecular formula is C25H26N2O4. The van der Waals surface area contributed by atoms with Gasteiger partial charge in [-0.25, -0.2) is 4.79 Å². The molecule has 0 radical (unpaired) electrons. The Hall–Kier alpha value is -3.64. The average Bonchev–Trinajstić information content (AvgIpc) is 2.77. The molecule has 0 aliphatic heterocycles. The van der Waals surface area contributed by atoms with Crippen LogP contribution in [0.5, 0.6) is 0 Å². The smallest absolute Gasteiger partial charge is 0.382 e. The maximum absolute atomic E-state index is 11.9. The Labute approximate surface area is 182 Å². The van der Waals surface area contributed by atoms with Crippen LogP contribution in [0.1, 0.15) is 31.9 Å². The average molecular weight is 418 g/mol. The van der Waals surface area contributed by atoms with E-state index in [0.717, 1.165) is 22.5 Å². The van der Waals surface area contributed by atoms with Gasteiger partial charge < -0.3 is 10.2 Å². The third-order valence-corrected chi connectivity index (χ3v) is 4.01. The zero-order valence-corrected chi connectivity index (χ0v) is 17.9. The number of hydrogen-bond acceptors (Lipinski definition) is 6. The molecule has 0 aliphatic rings. The van der Waals surface area contributed by atoms with Crippen molar-refractivity contribution < 1.29 is 19.4 Å². The molecule has 3 aromatic rings. The third-order valence-electron chi connectivity index (χ3n) is 4.01. The molecule has 0 spiro atoms. The van der Waals surface area contributed by atoms with E-state index in [-0.39, 0.29) is 6.61 Å². The zero-order valence-electron chi connectivity index (χ0n) is 17.9. The number of oxime groups is 1. The second kappa shape index (κ2) is 10.4. The fourth-order valence-corrected chi connectivity index (χ4v) is 2.67. The maximum Gasteiger partial charge on any atom is 0.382 e. The monoisotopic (exact) mass is 418 g/mol. The number of benzene rings is 3. The normalized spacial score (nSPS) is 11.6. The summed E-state index contributed by atoms with van der Waals surface area (Å²) in [6.07, 6.45) is 0. The number of anilines is 2. The van der Waals surface area contributed by atoms with Crippen molar-refractivity contribution >= 4 is 23.1 Å². The van der Waals surface area contributed by atoms with E-state index in [1.165, 1.54) is 0 Å². The molecule has 31 heavy (non-hydrogen) atoms. The number of hydrogen-bond donors (Lipinski definition) is 1. The largest absolute Gasteiger partial charge is 0.383 e. The van der Waals surface area contributed by atoms with Gasteiger partial charge in [0.2, 0.25) is 6.61 Å². The minimum atomic E-state index is -0.665. The standard InChI is InChI=1S/C25H26N2O4/c1-25(2,3)31-30-23(28)18-29-27-24(19-12-6-4-7-13-19)21-16-10-11-17-22(21)26-20-14-8-5-9-15-20/h4-17,26H,18H2,1-3H3/b27-24+. The lowest BCUT2D eigenvalue weighted by atomic mass is 10.0. The van der Waals surface area contributed by atoms with Crippen LogP contribution >= 0.6 is 0 Å². The minimum absolute atomic E-state index is 0.374. The molecule has 3 rings (SSSR count). The number of carbonyl (C=O) groups is 1. The van der Waals surface area contributed by atoms with Gasteiger partial charge in [-0.1, -0.05) is 71.9 Å². The lowest BCUT2D eigenvalue weighted by molar-refractivity contribution is -0.322. The Morgan fingerprint density at radius 1 is 0.871 bits per heavy atom. The van der Waals surface area contributed by atoms with Crippen molar-refractivity contribution in [3.8, 4) is 0 Å². The summed E-state index contributed by atoms with van der Waals surface area (Å²) >= 11 is 0. The number of nitrogens with zero attached hydrogens (tertiary/aromatic N) is 1. The van der Waals surface area contributed by atoms with Gasteiger partial charge in [0.25, 0.3) is 0 Å². The van der Waals surface area contributed by atoms with Crippen molar-refractivity contribution in [2.75, 3.05) is 11.9 Å². The van der Waals surface area contributed by atoms with Gasteiger partial charge in [0.15, 0.2) is 0 Å². The van der Waals surface area contributed by atoms with Crippen molar-refractivity contribution in [2.45, 2.75) is 26.4 Å². The predicted octanol–water partition coefficient (Wildman–Crippen LogP) is 5.47. The van der Waals surface area contributed by atoms with Crippen LogP contribution in [0.4, 0.5) is 11.4 Å². The molecule has 0 atom stereocenters. The highest BCUT2D eigenvalue weighted by atomic mass is 17.2. The molecular weight excluding hydrogens is 392 g/mol. The van der Waals surface area contributed by atoms with Crippen LogP contribution in [0, 0.1) is 0 Å². The summed E-state index contributed by atoms with van der Waals surface area (Å²) in [6, 6.07) is 27.3. The highest BCUT2D eigenvalue weighted by molar-refractivity contribution is 6.15. The topological polar surface area (TPSA) is 69.2 Å². The molecule has 6 heteroatoms. The molecule has 0 bridgehead atoms. The summed E-state index contributed by atoms with van der Waals surface area (Å²) in [5.74, 6) is -0.665. The van der Waals surface area contributed by atoms with Crippen molar-refractivity contribution in [3.05, 3.63) is 96.1 Å². The summed E-state index contributed by atoms with van der Waals surface area (Å²) in [6.45, 7) is 4.97. The first-order chi connectivity index (χ1) is 14.9. The van der Waals surface area contributed by atoms with Gasteiger partial charge in [-0.2, -0.15) is 4.89 Å². The van der Waals surface area contributed by atoms with Crippen LogP contribution in [-0.2, 0) is 19.4 Å². The Morgan fingerprint density at radius 3 is 2.16 bits per heavy atom. The van der Waals surface area contributed by atoms with E-state index in [1.54, 1.807) is 20.8 Å². The summed E-state index contributed by atoms with van der Waals surface area (Å²) in [5, 5.41) is 7.68. The van der Waals surface area contributed by atoms with Gasteiger partial charge in [0.1, 0.15) is 11.3 Å². The third kappa shape index (κ3) is 6.97. The van der Waals surface area contributed by atoms with Gasteiger partial charge in [0, 0.05) is 22.5 Å². The highest BCUT2D eigenvalue weighted by Crippen LogP contribution is 2.24. The van der Waals surface area contributed by atoms with Gasteiger partial charge in [0.05, 0.1) is 0 Å². The van der Waals surface area contributed by atoms with Crippen molar-refractivity contribution in [2.24, 2.45) is 5.16 Å². The molecule has 0 fully saturated rings. The fourth-order valence-electron chi connectivity index (χ4n) is 2.67. The molecule has 0 saturated heterocycles. The van der Waals surface area contributed by atoms with E-state index in [2.05, 4.69) is 10.5 Å². The SMILES string of the molecule is CC(C)(C)OOC(=O)CO/N=C(\c1ccccc1)c1ccccc1Nc1ccccc1. The van der Waals surface area contributed by atoms with E-state index in [0.29, 0.717) is 5.71 Å². The maximum atomic E-state index is 11.9. The molecule has 0 amide bonds. The van der Waals surface area contributed by atoms with Gasteiger partial charge >= 0.3 is 5.97 Å². The van der Waals surface area contributed by atoms with E-state index >= 15 is 0 Å². The van der Waals surface area contributed by atoms with Crippen molar-refractivity contribution in [1.29, 1.82) is 0 Å². The Bertz CT molecular complexity index is 1010. The minimum Gasteiger partial charge on any atom is -0.383 e. The number of nitrogens with one attached hydrogen (secondary N) is 1. The van der Waals surface area contributed by atoms with Gasteiger partial charge in [-0.15, -0.1) is 0 Å². The molecule has 160 valence electrons. The lowest BCUT2D eigenvalue weighted by Gasteiger charge is -2.16. The predicted molar refractivity (Wildman–Crippen MR) is 121 cm³/mol. The van der Waals surface area contributed by atoms with Gasteiger partial charge in [-0.05, 0) is 39.0 Å². The Balaban J connectivity index is 1.84. The van der Waals surface area contributed by atoms with Crippen LogP contribution in [-0.4, -0.2) is 23.9 Å². The molecule has 0 heterocycles. The number of rotatable bonds is 8. The summed E-state index contributed by atoms with van der Waals surface area (Å²) in [4.78, 5) is 27.0. The van der Waals surface area contributed by atoms with Crippen molar-refractivity contribution in [3.63, 3.8) is 0 Å². The van der Waals surface area contributed by atoms with Crippen LogP contribution in [0.25, 0.3) is 0 Å². The molecule has 0 unspecified atom stereocenters. The second-order valence-electron chi connectivity index (χ2n) is 7.77. The van der Waals surface area contributed by atoms with Gasteiger partial charge in [-0.3, -0.25) is 4.89 Å². The Kier molecular flexibility index (Phi) is 7.40. The first-order valence-corrected chi connectivity index (χ1v) is 9.98. The molecule has 0 aromatic heterocycles. The van der Waals surface area contributed by atoms with E-state index in [9.17, 15) is 4.79 Å².